The first-order valence-electron chi connectivity index (χ1n) is 10.3. The summed E-state index contributed by atoms with van der Waals surface area (Å²) in [5, 5.41) is 2.95. The van der Waals surface area contributed by atoms with Crippen molar-refractivity contribution in [1.82, 2.24) is 10.2 Å². The Hall–Kier alpha value is -1.79. The number of halogens is 1. The SMILES string of the molecule is Cc1ccc(SCCC(=O)N(Cc2cccc(Br)c2)[C@@H](C)C(=O)NCC(C)C)cc1. The second-order valence-electron chi connectivity index (χ2n) is 7.88. The number of thioether (sulfide) groups is 1. The highest BCUT2D eigenvalue weighted by molar-refractivity contribution is 9.10. The fourth-order valence-corrected chi connectivity index (χ4v) is 4.19. The van der Waals surface area contributed by atoms with E-state index in [1.807, 2.05) is 24.3 Å². The molecule has 0 unspecified atom stereocenters. The van der Waals surface area contributed by atoms with Gasteiger partial charge in [0, 0.05) is 34.6 Å². The molecule has 0 bridgehead atoms. The van der Waals surface area contributed by atoms with Crippen LogP contribution in [0, 0.1) is 12.8 Å². The molecule has 0 saturated heterocycles. The number of amides is 2. The van der Waals surface area contributed by atoms with Crippen LogP contribution in [0.25, 0.3) is 0 Å². The first-order chi connectivity index (χ1) is 14.3. The van der Waals surface area contributed by atoms with Crippen molar-refractivity contribution in [3.05, 3.63) is 64.1 Å². The number of hydrogen-bond acceptors (Lipinski definition) is 3. The minimum atomic E-state index is -0.528. The van der Waals surface area contributed by atoms with Crippen LogP contribution in [0.5, 0.6) is 0 Å². The average molecular weight is 491 g/mol. The second-order valence-corrected chi connectivity index (χ2v) is 9.96. The summed E-state index contributed by atoms with van der Waals surface area (Å²) in [6, 6.07) is 15.6. The highest BCUT2D eigenvalue weighted by atomic mass is 79.9. The fourth-order valence-electron chi connectivity index (χ4n) is 2.90. The summed E-state index contributed by atoms with van der Waals surface area (Å²) in [6.07, 6.45) is 0.383. The van der Waals surface area contributed by atoms with Crippen LogP contribution in [0.1, 0.15) is 38.3 Å². The van der Waals surface area contributed by atoms with Crippen LogP contribution in [0.4, 0.5) is 0 Å². The molecule has 0 spiro atoms. The summed E-state index contributed by atoms with van der Waals surface area (Å²) in [5.41, 5.74) is 2.21. The molecule has 162 valence electrons. The van der Waals surface area contributed by atoms with E-state index in [0.717, 1.165) is 14.9 Å². The van der Waals surface area contributed by atoms with Crippen LogP contribution in [0.3, 0.4) is 0 Å². The molecule has 0 aliphatic carbocycles. The molecular formula is C24H31BrN2O2S. The smallest absolute Gasteiger partial charge is 0.242 e. The number of nitrogens with zero attached hydrogens (tertiary/aromatic N) is 1. The van der Waals surface area contributed by atoms with Gasteiger partial charge in [-0.25, -0.2) is 0 Å². The van der Waals surface area contributed by atoms with E-state index in [9.17, 15) is 9.59 Å². The molecule has 0 heterocycles. The van der Waals surface area contributed by atoms with Gasteiger partial charge in [-0.3, -0.25) is 9.59 Å². The molecule has 6 heteroatoms. The van der Waals surface area contributed by atoms with Gasteiger partial charge in [0.1, 0.15) is 6.04 Å². The van der Waals surface area contributed by atoms with Crippen molar-refractivity contribution in [2.24, 2.45) is 5.92 Å². The normalized spacial score (nSPS) is 11.9. The van der Waals surface area contributed by atoms with Crippen LogP contribution >= 0.6 is 27.7 Å². The van der Waals surface area contributed by atoms with Crippen LogP contribution in [-0.2, 0) is 16.1 Å². The molecule has 30 heavy (non-hydrogen) atoms. The van der Waals surface area contributed by atoms with Gasteiger partial charge >= 0.3 is 0 Å². The molecule has 2 rings (SSSR count). The second kappa shape index (κ2) is 12.2. The Bertz CT molecular complexity index is 839. The minimum absolute atomic E-state index is 0.0122. The molecule has 0 aliphatic heterocycles. The van der Waals surface area contributed by atoms with E-state index < -0.39 is 6.04 Å². The largest absolute Gasteiger partial charge is 0.354 e. The van der Waals surface area contributed by atoms with Crippen molar-refractivity contribution in [1.29, 1.82) is 0 Å². The number of aryl methyl sites for hydroxylation is 1. The van der Waals surface area contributed by atoms with E-state index in [0.29, 0.717) is 31.2 Å². The monoisotopic (exact) mass is 490 g/mol. The Morgan fingerprint density at radius 1 is 1.10 bits per heavy atom. The fraction of sp³-hybridized carbons (Fsp3) is 0.417. The molecule has 1 N–H and O–H groups in total. The van der Waals surface area contributed by atoms with Gasteiger partial charge in [-0.05, 0) is 49.6 Å². The third-order valence-corrected chi connectivity index (χ3v) is 6.21. The molecule has 0 aromatic heterocycles. The summed E-state index contributed by atoms with van der Waals surface area (Å²) >= 11 is 5.14. The summed E-state index contributed by atoms with van der Waals surface area (Å²) in [4.78, 5) is 28.6. The summed E-state index contributed by atoms with van der Waals surface area (Å²) in [7, 11) is 0. The highest BCUT2D eigenvalue weighted by Crippen LogP contribution is 2.21. The van der Waals surface area contributed by atoms with Gasteiger partial charge in [-0.2, -0.15) is 0 Å². The van der Waals surface area contributed by atoms with Gasteiger partial charge in [-0.15, -0.1) is 11.8 Å². The predicted octanol–water partition coefficient (Wildman–Crippen LogP) is 5.43. The van der Waals surface area contributed by atoms with Crippen molar-refractivity contribution in [2.75, 3.05) is 12.3 Å². The van der Waals surface area contributed by atoms with Gasteiger partial charge in [0.05, 0.1) is 0 Å². The highest BCUT2D eigenvalue weighted by Gasteiger charge is 2.26. The van der Waals surface area contributed by atoms with E-state index in [1.54, 1.807) is 23.6 Å². The number of rotatable bonds is 10. The Kier molecular flexibility index (Phi) is 9.92. The molecule has 0 saturated carbocycles. The molecular weight excluding hydrogens is 460 g/mol. The van der Waals surface area contributed by atoms with Crippen LogP contribution < -0.4 is 5.32 Å². The molecule has 0 aliphatic rings. The Morgan fingerprint density at radius 2 is 1.80 bits per heavy atom. The van der Waals surface area contributed by atoms with E-state index in [1.165, 1.54) is 5.56 Å². The van der Waals surface area contributed by atoms with E-state index in [4.69, 9.17) is 0 Å². The molecule has 2 amide bonds. The van der Waals surface area contributed by atoms with Crippen molar-refractivity contribution >= 4 is 39.5 Å². The zero-order chi connectivity index (χ0) is 22.1. The third-order valence-electron chi connectivity index (χ3n) is 4.70. The van der Waals surface area contributed by atoms with Gasteiger partial charge in [0.25, 0.3) is 0 Å². The predicted molar refractivity (Wildman–Crippen MR) is 129 cm³/mol. The Balaban J connectivity index is 2.05. The lowest BCUT2D eigenvalue weighted by atomic mass is 10.1. The van der Waals surface area contributed by atoms with Crippen LogP contribution in [0.2, 0.25) is 0 Å². The number of hydrogen-bond donors (Lipinski definition) is 1. The molecule has 4 nitrogen and oxygen atoms in total. The molecule has 2 aromatic carbocycles. The molecule has 0 fully saturated rings. The zero-order valence-corrected chi connectivity index (χ0v) is 20.6. The lowest BCUT2D eigenvalue weighted by Gasteiger charge is -2.29. The summed E-state index contributed by atoms with van der Waals surface area (Å²) in [5.74, 6) is 0.915. The number of carbonyl (C=O) groups excluding carboxylic acids is 2. The lowest BCUT2D eigenvalue weighted by Crippen LogP contribution is -2.48. The summed E-state index contributed by atoms with van der Waals surface area (Å²) < 4.78 is 0.958. The third kappa shape index (κ3) is 8.15. The van der Waals surface area contributed by atoms with Crippen LogP contribution in [-0.4, -0.2) is 35.1 Å². The van der Waals surface area contributed by atoms with Crippen molar-refractivity contribution in [3.63, 3.8) is 0 Å². The van der Waals surface area contributed by atoms with Gasteiger partial charge in [0.2, 0.25) is 11.8 Å². The topological polar surface area (TPSA) is 49.4 Å². The Labute approximate surface area is 192 Å². The average Bonchev–Trinajstić information content (AvgIpc) is 2.71. The zero-order valence-electron chi connectivity index (χ0n) is 18.2. The van der Waals surface area contributed by atoms with E-state index in [2.05, 4.69) is 66.3 Å². The van der Waals surface area contributed by atoms with E-state index in [-0.39, 0.29) is 11.8 Å². The standard InChI is InChI=1S/C24H31BrN2O2S/c1-17(2)15-26-24(29)19(4)27(16-20-6-5-7-21(25)14-20)23(28)12-13-30-22-10-8-18(3)9-11-22/h5-11,14,17,19H,12-13,15-16H2,1-4H3,(H,26,29)/t19-/m0/s1. The molecule has 1 atom stereocenters. The first kappa shape index (κ1) is 24.5. The Morgan fingerprint density at radius 3 is 2.43 bits per heavy atom. The molecule has 2 aromatic rings. The minimum Gasteiger partial charge on any atom is -0.354 e. The van der Waals surface area contributed by atoms with Gasteiger partial charge in [-0.1, -0.05) is 59.6 Å². The lowest BCUT2D eigenvalue weighted by molar-refractivity contribution is -0.140. The van der Waals surface area contributed by atoms with Gasteiger partial charge in [0.15, 0.2) is 0 Å². The maximum absolute atomic E-state index is 13.1. The van der Waals surface area contributed by atoms with Crippen molar-refractivity contribution < 1.29 is 9.59 Å². The first-order valence-corrected chi connectivity index (χ1v) is 12.0. The summed E-state index contributed by atoms with van der Waals surface area (Å²) in [6.45, 7) is 8.98. The van der Waals surface area contributed by atoms with Crippen molar-refractivity contribution in [2.45, 2.75) is 51.6 Å². The van der Waals surface area contributed by atoms with Crippen LogP contribution in [0.15, 0.2) is 57.9 Å². The number of carbonyl (C=O) groups is 2. The van der Waals surface area contributed by atoms with E-state index >= 15 is 0 Å². The maximum atomic E-state index is 13.1. The quantitative estimate of drug-likeness (QED) is 0.451. The van der Waals surface area contributed by atoms with Gasteiger partial charge < -0.3 is 10.2 Å². The number of benzene rings is 2. The van der Waals surface area contributed by atoms with Crippen molar-refractivity contribution in [3.8, 4) is 0 Å². The maximum Gasteiger partial charge on any atom is 0.242 e. The molecule has 0 radical (unpaired) electrons. The number of nitrogens with one attached hydrogen (secondary N) is 1.